The van der Waals surface area contributed by atoms with Crippen molar-refractivity contribution in [2.45, 2.75) is 41.5 Å². The van der Waals surface area contributed by atoms with Gasteiger partial charge in [0.25, 0.3) is 0 Å². The van der Waals surface area contributed by atoms with Gasteiger partial charge in [-0.1, -0.05) is 25.0 Å². The summed E-state index contributed by atoms with van der Waals surface area (Å²) in [6, 6.07) is 0. The first-order valence-corrected chi connectivity index (χ1v) is 5.10. The van der Waals surface area contributed by atoms with Crippen LogP contribution >= 0.6 is 0 Å². The van der Waals surface area contributed by atoms with Gasteiger partial charge in [0.2, 0.25) is 0 Å². The molecule has 1 aliphatic carbocycles. The van der Waals surface area contributed by atoms with Crippen molar-refractivity contribution in [3.8, 4) is 11.8 Å². The maximum atomic E-state index is 4.17. The summed E-state index contributed by atoms with van der Waals surface area (Å²) in [5, 5.41) is 0. The standard InChI is InChI=1S/C14H20/c1-8-9-13(5,6)14(7)11(3)10(2)12(14)4/h3H2,1-2,4-7H3. The topological polar surface area (TPSA) is 0 Å². The molecule has 0 heteroatoms. The molecule has 1 aliphatic rings. The molecule has 1 atom stereocenters. The van der Waals surface area contributed by atoms with E-state index in [0.29, 0.717) is 0 Å². The van der Waals surface area contributed by atoms with Gasteiger partial charge < -0.3 is 0 Å². The van der Waals surface area contributed by atoms with Gasteiger partial charge in [-0.15, -0.1) is 5.92 Å². The van der Waals surface area contributed by atoms with Crippen LogP contribution in [0.5, 0.6) is 0 Å². The van der Waals surface area contributed by atoms with Crippen molar-refractivity contribution in [1.29, 1.82) is 0 Å². The summed E-state index contributed by atoms with van der Waals surface area (Å²) in [5.74, 6) is 6.33. The number of hydrogen-bond donors (Lipinski definition) is 0. The van der Waals surface area contributed by atoms with Crippen LogP contribution in [0.4, 0.5) is 0 Å². The van der Waals surface area contributed by atoms with E-state index in [-0.39, 0.29) is 10.8 Å². The van der Waals surface area contributed by atoms with E-state index in [1.807, 2.05) is 6.92 Å². The second kappa shape index (κ2) is 3.02. The lowest BCUT2D eigenvalue weighted by atomic mass is 9.51. The van der Waals surface area contributed by atoms with E-state index in [1.54, 1.807) is 0 Å². The van der Waals surface area contributed by atoms with E-state index in [0.717, 1.165) is 0 Å². The molecule has 0 bridgehead atoms. The second-order valence-electron chi connectivity index (χ2n) is 4.85. The third-order valence-electron chi connectivity index (χ3n) is 4.06. The van der Waals surface area contributed by atoms with Crippen molar-refractivity contribution in [2.24, 2.45) is 10.8 Å². The van der Waals surface area contributed by atoms with Crippen molar-refractivity contribution < 1.29 is 0 Å². The highest BCUT2D eigenvalue weighted by Gasteiger charge is 2.50. The molecule has 0 nitrogen and oxygen atoms in total. The fraction of sp³-hybridized carbons (Fsp3) is 0.571. The molecule has 0 aromatic carbocycles. The summed E-state index contributed by atoms with van der Waals surface area (Å²) in [5.41, 5.74) is 4.11. The minimum Gasteiger partial charge on any atom is -0.106 e. The minimum atomic E-state index is -0.0115. The summed E-state index contributed by atoms with van der Waals surface area (Å²) >= 11 is 0. The molecule has 0 N–H and O–H groups in total. The van der Waals surface area contributed by atoms with E-state index in [1.165, 1.54) is 16.7 Å². The van der Waals surface area contributed by atoms with Gasteiger partial charge in [-0.2, -0.15) is 0 Å². The summed E-state index contributed by atoms with van der Waals surface area (Å²) in [6.07, 6.45) is 0. The van der Waals surface area contributed by atoms with Crippen LogP contribution in [0.3, 0.4) is 0 Å². The molecule has 0 aromatic heterocycles. The molecule has 0 spiro atoms. The number of rotatable bonds is 1. The van der Waals surface area contributed by atoms with Crippen molar-refractivity contribution >= 4 is 0 Å². The van der Waals surface area contributed by atoms with Crippen LogP contribution in [-0.4, -0.2) is 0 Å². The zero-order valence-corrected chi connectivity index (χ0v) is 10.2. The van der Waals surface area contributed by atoms with Crippen molar-refractivity contribution in [1.82, 2.24) is 0 Å². The number of allylic oxidation sites excluding steroid dienone is 3. The fourth-order valence-electron chi connectivity index (χ4n) is 2.42. The average Bonchev–Trinajstić information content (AvgIpc) is 2.13. The van der Waals surface area contributed by atoms with Crippen LogP contribution in [0.15, 0.2) is 23.3 Å². The van der Waals surface area contributed by atoms with Crippen LogP contribution in [0.2, 0.25) is 0 Å². The lowest BCUT2D eigenvalue weighted by Gasteiger charge is -2.52. The molecule has 1 unspecified atom stereocenters. The van der Waals surface area contributed by atoms with Crippen molar-refractivity contribution in [3.05, 3.63) is 23.3 Å². The van der Waals surface area contributed by atoms with Crippen molar-refractivity contribution in [2.75, 3.05) is 0 Å². The summed E-state index contributed by atoms with van der Waals surface area (Å²) in [6.45, 7) is 17.1. The molecule has 0 aliphatic heterocycles. The molecule has 0 heterocycles. The molecule has 1 rings (SSSR count). The highest BCUT2D eigenvalue weighted by molar-refractivity contribution is 5.56. The van der Waals surface area contributed by atoms with Gasteiger partial charge in [0, 0.05) is 10.8 Å². The molecular weight excluding hydrogens is 168 g/mol. The van der Waals surface area contributed by atoms with Crippen LogP contribution in [0.1, 0.15) is 41.5 Å². The summed E-state index contributed by atoms with van der Waals surface area (Å²) in [4.78, 5) is 0. The Morgan fingerprint density at radius 3 is 2.14 bits per heavy atom. The predicted octanol–water partition coefficient (Wildman–Crippen LogP) is 3.95. The normalized spacial score (nSPS) is 26.9. The SMILES string of the molecule is C=C1C(C)=C(C)C1(C)C(C)(C)C#CC. The molecule has 0 saturated carbocycles. The molecule has 0 saturated heterocycles. The zero-order chi connectivity index (χ0) is 11.1. The van der Waals surface area contributed by atoms with Crippen molar-refractivity contribution in [3.63, 3.8) is 0 Å². The fourth-order valence-corrected chi connectivity index (χ4v) is 2.42. The minimum absolute atomic E-state index is 0.0115. The highest BCUT2D eigenvalue weighted by atomic mass is 14.5. The Morgan fingerprint density at radius 2 is 1.79 bits per heavy atom. The Labute approximate surface area is 88.1 Å². The third-order valence-corrected chi connectivity index (χ3v) is 4.06. The Morgan fingerprint density at radius 1 is 1.29 bits per heavy atom. The maximum absolute atomic E-state index is 4.17. The van der Waals surface area contributed by atoms with Gasteiger partial charge >= 0.3 is 0 Å². The zero-order valence-electron chi connectivity index (χ0n) is 10.2. The third kappa shape index (κ3) is 1.08. The van der Waals surface area contributed by atoms with Gasteiger partial charge in [0.05, 0.1) is 0 Å². The van der Waals surface area contributed by atoms with Crippen LogP contribution in [0, 0.1) is 22.7 Å². The lowest BCUT2D eigenvalue weighted by molar-refractivity contribution is 0.230. The first kappa shape index (κ1) is 11.1. The number of hydrogen-bond acceptors (Lipinski definition) is 0. The van der Waals surface area contributed by atoms with E-state index in [9.17, 15) is 0 Å². The molecule has 76 valence electrons. The molecule has 0 amide bonds. The van der Waals surface area contributed by atoms with Crippen LogP contribution < -0.4 is 0 Å². The smallest absolute Gasteiger partial charge is 0.0389 e. The van der Waals surface area contributed by atoms with Crippen LogP contribution in [-0.2, 0) is 0 Å². The lowest BCUT2D eigenvalue weighted by Crippen LogP contribution is -2.43. The molecule has 0 fully saturated rings. The van der Waals surface area contributed by atoms with Gasteiger partial charge in [0.1, 0.15) is 0 Å². The van der Waals surface area contributed by atoms with Crippen LogP contribution in [0.25, 0.3) is 0 Å². The van der Waals surface area contributed by atoms with Gasteiger partial charge in [-0.25, -0.2) is 0 Å². The molecular formula is C14H20. The maximum Gasteiger partial charge on any atom is 0.0389 e. The van der Waals surface area contributed by atoms with E-state index < -0.39 is 0 Å². The van der Waals surface area contributed by atoms with Gasteiger partial charge in [-0.05, 0) is 45.8 Å². The summed E-state index contributed by atoms with van der Waals surface area (Å²) < 4.78 is 0. The van der Waals surface area contributed by atoms with E-state index in [4.69, 9.17) is 0 Å². The van der Waals surface area contributed by atoms with E-state index in [2.05, 4.69) is 53.0 Å². The highest BCUT2D eigenvalue weighted by Crippen LogP contribution is 2.59. The van der Waals surface area contributed by atoms with E-state index >= 15 is 0 Å². The Balaban J connectivity index is 3.23. The molecule has 14 heavy (non-hydrogen) atoms. The molecule has 0 aromatic rings. The van der Waals surface area contributed by atoms with Gasteiger partial charge in [0.15, 0.2) is 0 Å². The first-order chi connectivity index (χ1) is 6.29. The molecule has 0 radical (unpaired) electrons. The Kier molecular flexibility index (Phi) is 2.40. The Hall–Kier alpha value is -0.960. The Bertz CT molecular complexity index is 369. The monoisotopic (exact) mass is 188 g/mol. The average molecular weight is 188 g/mol. The second-order valence-corrected chi connectivity index (χ2v) is 4.85. The predicted molar refractivity (Wildman–Crippen MR) is 62.9 cm³/mol. The largest absolute Gasteiger partial charge is 0.106 e. The first-order valence-electron chi connectivity index (χ1n) is 5.10. The quantitative estimate of drug-likeness (QED) is 0.547. The van der Waals surface area contributed by atoms with Gasteiger partial charge in [-0.3, -0.25) is 0 Å². The summed E-state index contributed by atoms with van der Waals surface area (Å²) in [7, 11) is 0.